The summed E-state index contributed by atoms with van der Waals surface area (Å²) in [5, 5.41) is 4.48. The van der Waals surface area contributed by atoms with Gasteiger partial charge in [-0.25, -0.2) is 0 Å². The van der Waals surface area contributed by atoms with Gasteiger partial charge in [0.15, 0.2) is 5.96 Å². The first kappa shape index (κ1) is 19.4. The highest BCUT2D eigenvalue weighted by Crippen LogP contribution is 2.26. The predicted octanol–water partition coefficient (Wildman–Crippen LogP) is 4.08. The maximum Gasteiger partial charge on any atom is 0.189 e. The van der Waals surface area contributed by atoms with Gasteiger partial charge >= 0.3 is 0 Å². The number of hydrogen-bond donors (Lipinski definition) is 2. The first-order valence-corrected chi connectivity index (χ1v) is 9.38. The van der Waals surface area contributed by atoms with Crippen molar-refractivity contribution in [2.45, 2.75) is 45.7 Å². The molecule has 0 aliphatic carbocycles. The van der Waals surface area contributed by atoms with Gasteiger partial charge in [0, 0.05) is 29.2 Å². The largest absolute Gasteiger partial charge is 0.370 e. The van der Waals surface area contributed by atoms with Crippen molar-refractivity contribution >= 4 is 29.2 Å². The second-order valence-corrected chi connectivity index (χ2v) is 7.70. The number of rotatable bonds is 5. The molecule has 0 aromatic heterocycles. The summed E-state index contributed by atoms with van der Waals surface area (Å²) >= 11 is 12.2. The van der Waals surface area contributed by atoms with E-state index in [2.05, 4.69) is 29.1 Å². The Morgan fingerprint density at radius 2 is 2.12 bits per heavy atom. The van der Waals surface area contributed by atoms with Gasteiger partial charge in [-0.3, -0.25) is 4.99 Å². The zero-order valence-electron chi connectivity index (χ0n) is 14.7. The maximum absolute atomic E-state index is 6.24. The third kappa shape index (κ3) is 5.54. The van der Waals surface area contributed by atoms with Gasteiger partial charge in [-0.05, 0) is 63.8 Å². The fraction of sp³-hybridized carbons (Fsp3) is 0.611. The van der Waals surface area contributed by atoms with Crippen molar-refractivity contribution in [2.75, 3.05) is 19.6 Å². The van der Waals surface area contributed by atoms with Crippen LogP contribution in [0.3, 0.4) is 0 Å². The number of hydrogen-bond acceptors (Lipinski definition) is 2. The zero-order chi connectivity index (χ0) is 17.7. The van der Waals surface area contributed by atoms with Crippen molar-refractivity contribution in [3.05, 3.63) is 33.8 Å². The molecule has 1 aromatic rings. The van der Waals surface area contributed by atoms with Gasteiger partial charge in [-0.1, -0.05) is 29.3 Å². The molecule has 24 heavy (non-hydrogen) atoms. The van der Waals surface area contributed by atoms with Gasteiger partial charge in [-0.2, -0.15) is 0 Å². The summed E-state index contributed by atoms with van der Waals surface area (Å²) in [6.45, 7) is 9.57. The average molecular weight is 371 g/mol. The van der Waals surface area contributed by atoms with Crippen LogP contribution in [0.4, 0.5) is 0 Å². The Kier molecular flexibility index (Phi) is 7.20. The van der Waals surface area contributed by atoms with E-state index in [0.717, 1.165) is 18.7 Å². The van der Waals surface area contributed by atoms with E-state index in [4.69, 9.17) is 28.9 Å². The number of nitrogens with zero attached hydrogens (tertiary/aromatic N) is 2. The number of nitrogens with two attached hydrogens (primary N) is 1. The summed E-state index contributed by atoms with van der Waals surface area (Å²) in [4.78, 5) is 7.06. The van der Waals surface area contributed by atoms with Crippen molar-refractivity contribution in [2.24, 2.45) is 16.6 Å². The molecule has 2 rings (SSSR count). The van der Waals surface area contributed by atoms with Crippen molar-refractivity contribution in [1.29, 1.82) is 0 Å². The van der Waals surface area contributed by atoms with Gasteiger partial charge in [0.25, 0.3) is 0 Å². The van der Waals surface area contributed by atoms with E-state index >= 15 is 0 Å². The molecule has 0 amide bonds. The molecule has 134 valence electrons. The van der Waals surface area contributed by atoms with Crippen LogP contribution in [-0.4, -0.2) is 36.5 Å². The molecule has 6 heteroatoms. The van der Waals surface area contributed by atoms with Crippen LogP contribution in [0.5, 0.6) is 0 Å². The second-order valence-electron chi connectivity index (χ2n) is 6.85. The lowest BCUT2D eigenvalue weighted by molar-refractivity contribution is 0.143. The molecule has 0 spiro atoms. The minimum Gasteiger partial charge on any atom is -0.370 e. The fourth-order valence-electron chi connectivity index (χ4n) is 3.14. The first-order valence-electron chi connectivity index (χ1n) is 8.62. The van der Waals surface area contributed by atoms with Gasteiger partial charge in [0.2, 0.25) is 0 Å². The summed E-state index contributed by atoms with van der Waals surface area (Å²) in [5.74, 6) is 1.05. The van der Waals surface area contributed by atoms with Crippen LogP contribution in [0, 0.1) is 5.92 Å². The Morgan fingerprint density at radius 1 is 1.38 bits per heavy atom. The number of nitrogens with one attached hydrogen (secondary N) is 1. The van der Waals surface area contributed by atoms with Crippen LogP contribution in [-0.2, 0) is 0 Å². The summed E-state index contributed by atoms with van der Waals surface area (Å²) in [6.07, 6.45) is 2.46. The third-order valence-electron chi connectivity index (χ3n) is 4.59. The Balaban J connectivity index is 1.89. The SMILES string of the molecule is CC(NC(N)=NCC1CCCN(C(C)C)C1)c1ccc(Cl)cc1Cl. The quantitative estimate of drug-likeness (QED) is 0.606. The lowest BCUT2D eigenvalue weighted by atomic mass is 9.97. The minimum absolute atomic E-state index is 0.0166. The van der Waals surface area contributed by atoms with E-state index in [1.807, 2.05) is 19.1 Å². The number of guanidine groups is 1. The summed E-state index contributed by atoms with van der Waals surface area (Å²) in [6, 6.07) is 6.07. The highest BCUT2D eigenvalue weighted by Gasteiger charge is 2.21. The van der Waals surface area contributed by atoms with Crippen molar-refractivity contribution < 1.29 is 0 Å². The molecule has 3 N–H and O–H groups in total. The fourth-order valence-corrected chi connectivity index (χ4v) is 3.71. The van der Waals surface area contributed by atoms with Crippen LogP contribution in [0.15, 0.2) is 23.2 Å². The number of benzene rings is 1. The Hall–Kier alpha value is -0.970. The second kappa shape index (κ2) is 8.93. The van der Waals surface area contributed by atoms with Crippen molar-refractivity contribution in [3.63, 3.8) is 0 Å². The highest BCUT2D eigenvalue weighted by molar-refractivity contribution is 6.35. The van der Waals surface area contributed by atoms with Crippen LogP contribution < -0.4 is 11.1 Å². The number of piperidine rings is 1. The predicted molar refractivity (Wildman–Crippen MR) is 104 cm³/mol. The molecule has 0 radical (unpaired) electrons. The molecule has 1 fully saturated rings. The molecule has 0 saturated carbocycles. The van der Waals surface area contributed by atoms with E-state index in [1.165, 1.54) is 19.4 Å². The normalized spacial score (nSPS) is 21.1. The Labute approximate surface area is 155 Å². The monoisotopic (exact) mass is 370 g/mol. The summed E-state index contributed by atoms with van der Waals surface area (Å²) in [7, 11) is 0. The molecule has 2 unspecified atom stereocenters. The Morgan fingerprint density at radius 3 is 2.79 bits per heavy atom. The van der Waals surface area contributed by atoms with Crippen LogP contribution in [0.1, 0.15) is 45.2 Å². The molecular weight excluding hydrogens is 343 g/mol. The first-order chi connectivity index (χ1) is 11.4. The van der Waals surface area contributed by atoms with E-state index in [-0.39, 0.29) is 6.04 Å². The van der Waals surface area contributed by atoms with E-state index in [1.54, 1.807) is 6.07 Å². The highest BCUT2D eigenvalue weighted by atomic mass is 35.5. The van der Waals surface area contributed by atoms with E-state index in [0.29, 0.717) is 28.0 Å². The van der Waals surface area contributed by atoms with E-state index < -0.39 is 0 Å². The molecule has 1 saturated heterocycles. The van der Waals surface area contributed by atoms with Crippen LogP contribution in [0.2, 0.25) is 10.0 Å². The number of likely N-dealkylation sites (tertiary alicyclic amines) is 1. The molecule has 4 nitrogen and oxygen atoms in total. The number of halogens is 2. The van der Waals surface area contributed by atoms with Crippen molar-refractivity contribution in [1.82, 2.24) is 10.2 Å². The lowest BCUT2D eigenvalue weighted by Crippen LogP contribution is -2.41. The molecule has 1 heterocycles. The Bertz CT molecular complexity index is 574. The van der Waals surface area contributed by atoms with Crippen LogP contribution >= 0.6 is 23.2 Å². The van der Waals surface area contributed by atoms with Gasteiger partial charge in [0.05, 0.1) is 6.04 Å². The molecule has 0 bridgehead atoms. The average Bonchev–Trinajstić information content (AvgIpc) is 2.53. The molecular formula is C18H28Cl2N4. The summed E-state index contributed by atoms with van der Waals surface area (Å²) in [5.41, 5.74) is 7.02. The minimum atomic E-state index is -0.0166. The molecule has 1 aliphatic rings. The third-order valence-corrected chi connectivity index (χ3v) is 5.16. The molecule has 1 aromatic carbocycles. The van der Waals surface area contributed by atoms with E-state index in [9.17, 15) is 0 Å². The standard InChI is InChI=1S/C18H28Cl2N4/c1-12(2)24-8-4-5-14(11-24)10-22-18(21)23-13(3)16-7-6-15(19)9-17(16)20/h6-7,9,12-14H,4-5,8,10-11H2,1-3H3,(H3,21,22,23). The van der Waals surface area contributed by atoms with Gasteiger partial charge in [-0.15, -0.1) is 0 Å². The lowest BCUT2D eigenvalue weighted by Gasteiger charge is -2.34. The topological polar surface area (TPSA) is 53.6 Å². The molecule has 1 aliphatic heterocycles. The smallest absolute Gasteiger partial charge is 0.189 e. The van der Waals surface area contributed by atoms with Crippen LogP contribution in [0.25, 0.3) is 0 Å². The maximum atomic E-state index is 6.24. The van der Waals surface area contributed by atoms with Gasteiger partial charge in [0.1, 0.15) is 0 Å². The molecule has 2 atom stereocenters. The zero-order valence-corrected chi connectivity index (χ0v) is 16.2. The summed E-state index contributed by atoms with van der Waals surface area (Å²) < 4.78 is 0. The van der Waals surface area contributed by atoms with Crippen molar-refractivity contribution in [3.8, 4) is 0 Å². The van der Waals surface area contributed by atoms with Gasteiger partial charge < -0.3 is 16.0 Å². The number of aliphatic imine (C=N–C) groups is 1.